The van der Waals surface area contributed by atoms with Gasteiger partial charge >= 0.3 is 16.9 Å². The predicted octanol–water partition coefficient (Wildman–Crippen LogP) is 1.16. The van der Waals surface area contributed by atoms with Crippen LogP contribution in [0, 0.1) is 0 Å². The van der Waals surface area contributed by atoms with E-state index in [-0.39, 0.29) is 28.4 Å². The fourth-order valence-corrected chi connectivity index (χ4v) is 2.14. The standard InChI is InChI=1S/C12H11N3O5S/c16-7-1-2-9(8(3-7)10(17)18)15-11(19)13-4-6-5-21-12(20)14-6/h1-3,5,16H,4H2,(H,14,20)(H,17,18)(H2,13,15,19). The van der Waals surface area contributed by atoms with Gasteiger partial charge in [0.2, 0.25) is 0 Å². The predicted molar refractivity (Wildman–Crippen MR) is 75.9 cm³/mol. The number of rotatable bonds is 4. The van der Waals surface area contributed by atoms with E-state index in [1.807, 2.05) is 0 Å². The van der Waals surface area contributed by atoms with Gasteiger partial charge in [-0.3, -0.25) is 4.79 Å². The van der Waals surface area contributed by atoms with E-state index in [1.165, 1.54) is 12.1 Å². The molecule has 0 radical (unpaired) electrons. The van der Waals surface area contributed by atoms with E-state index in [2.05, 4.69) is 15.6 Å². The van der Waals surface area contributed by atoms with Gasteiger partial charge in [0.05, 0.1) is 17.8 Å². The number of thiazole rings is 1. The van der Waals surface area contributed by atoms with Crippen LogP contribution in [0.3, 0.4) is 0 Å². The first-order chi connectivity index (χ1) is 9.95. The monoisotopic (exact) mass is 309 g/mol. The number of hydrogen-bond acceptors (Lipinski definition) is 5. The third kappa shape index (κ3) is 3.83. The molecule has 21 heavy (non-hydrogen) atoms. The molecule has 0 spiro atoms. The second-order valence-electron chi connectivity index (χ2n) is 4.02. The summed E-state index contributed by atoms with van der Waals surface area (Å²) in [6, 6.07) is 2.95. The smallest absolute Gasteiger partial charge is 0.337 e. The lowest BCUT2D eigenvalue weighted by molar-refractivity contribution is 0.0697. The van der Waals surface area contributed by atoms with Crippen LogP contribution in [0.25, 0.3) is 0 Å². The molecule has 5 N–H and O–H groups in total. The molecule has 0 aliphatic carbocycles. The number of carboxylic acid groups (broad SMARTS) is 1. The van der Waals surface area contributed by atoms with E-state index in [0.29, 0.717) is 5.69 Å². The number of urea groups is 1. The Balaban J connectivity index is 2.02. The number of H-pyrrole nitrogens is 1. The molecule has 9 heteroatoms. The largest absolute Gasteiger partial charge is 0.508 e. The highest BCUT2D eigenvalue weighted by Gasteiger charge is 2.13. The molecule has 0 atom stereocenters. The number of benzene rings is 1. The van der Waals surface area contributed by atoms with E-state index < -0.39 is 12.0 Å². The lowest BCUT2D eigenvalue weighted by atomic mass is 10.1. The number of phenolic OH excluding ortho intramolecular Hbond substituents is 1. The number of hydrogen-bond donors (Lipinski definition) is 5. The Hall–Kier alpha value is -2.81. The lowest BCUT2D eigenvalue weighted by Gasteiger charge is -2.09. The maximum absolute atomic E-state index is 11.7. The molecular formula is C12H11N3O5S. The maximum Gasteiger partial charge on any atom is 0.337 e. The summed E-state index contributed by atoms with van der Waals surface area (Å²) < 4.78 is 0. The first kappa shape index (κ1) is 14.6. The van der Waals surface area contributed by atoms with Crippen LogP contribution in [0.5, 0.6) is 5.75 Å². The molecule has 0 aliphatic heterocycles. The van der Waals surface area contributed by atoms with Gasteiger partial charge in [-0.1, -0.05) is 11.3 Å². The van der Waals surface area contributed by atoms with Crippen LogP contribution in [-0.4, -0.2) is 27.2 Å². The summed E-state index contributed by atoms with van der Waals surface area (Å²) in [5.74, 6) is -1.49. The second kappa shape index (κ2) is 6.09. The summed E-state index contributed by atoms with van der Waals surface area (Å²) >= 11 is 0.980. The quantitative estimate of drug-likeness (QED) is 0.541. The highest BCUT2D eigenvalue weighted by Crippen LogP contribution is 2.21. The minimum Gasteiger partial charge on any atom is -0.508 e. The number of carboxylic acids is 1. The van der Waals surface area contributed by atoms with Gasteiger partial charge in [-0.2, -0.15) is 0 Å². The number of aromatic carboxylic acids is 1. The third-order valence-electron chi connectivity index (χ3n) is 2.49. The van der Waals surface area contributed by atoms with Crippen LogP contribution in [0.4, 0.5) is 10.5 Å². The summed E-state index contributed by atoms with van der Waals surface area (Å²) in [4.78, 5) is 35.9. The van der Waals surface area contributed by atoms with Crippen LogP contribution >= 0.6 is 11.3 Å². The summed E-state index contributed by atoms with van der Waals surface area (Å²) in [6.07, 6.45) is 0. The molecule has 0 unspecified atom stereocenters. The SMILES string of the molecule is O=C(NCc1csc(=O)[nH]1)Nc1ccc(O)cc1C(=O)O. The Morgan fingerprint density at radius 3 is 2.71 bits per heavy atom. The molecule has 1 aromatic heterocycles. The highest BCUT2D eigenvalue weighted by atomic mass is 32.1. The number of carbonyl (C=O) groups excluding carboxylic acids is 1. The van der Waals surface area contributed by atoms with E-state index in [1.54, 1.807) is 5.38 Å². The molecule has 0 saturated heterocycles. The van der Waals surface area contributed by atoms with Crippen molar-refractivity contribution in [3.05, 3.63) is 44.5 Å². The Kier molecular flexibility index (Phi) is 4.24. The summed E-state index contributed by atoms with van der Waals surface area (Å²) in [7, 11) is 0. The Bertz CT molecular complexity index is 736. The van der Waals surface area contributed by atoms with Crippen molar-refractivity contribution < 1.29 is 19.8 Å². The summed E-state index contributed by atoms with van der Waals surface area (Å²) in [6.45, 7) is 0.102. The molecule has 110 valence electrons. The molecule has 0 fully saturated rings. The highest BCUT2D eigenvalue weighted by molar-refractivity contribution is 7.07. The van der Waals surface area contributed by atoms with Gasteiger partial charge < -0.3 is 25.8 Å². The molecule has 2 aromatic rings. The lowest BCUT2D eigenvalue weighted by Crippen LogP contribution is -2.29. The van der Waals surface area contributed by atoms with Gasteiger partial charge in [0.25, 0.3) is 0 Å². The van der Waals surface area contributed by atoms with Crippen LogP contribution in [0.15, 0.2) is 28.4 Å². The molecular weight excluding hydrogens is 298 g/mol. The average Bonchev–Trinajstić information content (AvgIpc) is 2.84. The number of aromatic nitrogens is 1. The zero-order valence-electron chi connectivity index (χ0n) is 10.5. The van der Waals surface area contributed by atoms with Crippen LogP contribution in [0.1, 0.15) is 16.1 Å². The fraction of sp³-hybridized carbons (Fsp3) is 0.0833. The fourth-order valence-electron chi connectivity index (χ4n) is 1.56. The molecule has 1 heterocycles. The van der Waals surface area contributed by atoms with Gasteiger partial charge in [-0.15, -0.1) is 0 Å². The Labute approximate surface area is 122 Å². The number of amides is 2. The third-order valence-corrected chi connectivity index (χ3v) is 3.21. The van der Waals surface area contributed by atoms with Gasteiger partial charge in [0, 0.05) is 11.1 Å². The molecule has 0 bridgehead atoms. The normalized spacial score (nSPS) is 10.1. The summed E-state index contributed by atoms with van der Waals surface area (Å²) in [5.41, 5.74) is 0.370. The number of aromatic amines is 1. The molecule has 1 aromatic carbocycles. The van der Waals surface area contributed by atoms with Crippen LogP contribution < -0.4 is 15.5 Å². The number of carbonyl (C=O) groups is 2. The van der Waals surface area contributed by atoms with E-state index in [0.717, 1.165) is 17.4 Å². The van der Waals surface area contributed by atoms with Crippen molar-refractivity contribution in [2.75, 3.05) is 5.32 Å². The van der Waals surface area contributed by atoms with Crippen molar-refractivity contribution in [2.45, 2.75) is 6.54 Å². The number of nitrogens with one attached hydrogen (secondary N) is 3. The molecule has 8 nitrogen and oxygen atoms in total. The van der Waals surface area contributed by atoms with E-state index in [4.69, 9.17) is 5.11 Å². The summed E-state index contributed by atoms with van der Waals surface area (Å²) in [5, 5.41) is 24.7. The van der Waals surface area contributed by atoms with Gasteiger partial charge in [-0.05, 0) is 18.2 Å². The number of aromatic hydroxyl groups is 1. The second-order valence-corrected chi connectivity index (χ2v) is 4.86. The first-order valence-corrected chi connectivity index (χ1v) is 6.61. The van der Waals surface area contributed by atoms with Gasteiger partial charge in [-0.25, -0.2) is 9.59 Å². The number of anilines is 1. The number of phenols is 1. The van der Waals surface area contributed by atoms with Crippen molar-refractivity contribution in [2.24, 2.45) is 0 Å². The molecule has 0 saturated carbocycles. The van der Waals surface area contributed by atoms with Crippen molar-refractivity contribution in [1.29, 1.82) is 0 Å². The van der Waals surface area contributed by atoms with E-state index >= 15 is 0 Å². The minimum atomic E-state index is -1.27. The van der Waals surface area contributed by atoms with Crippen molar-refractivity contribution in [1.82, 2.24) is 10.3 Å². The van der Waals surface area contributed by atoms with Crippen molar-refractivity contribution in [3.63, 3.8) is 0 Å². The molecule has 2 amide bonds. The molecule has 0 aliphatic rings. The molecule has 2 rings (SSSR count). The topological polar surface area (TPSA) is 132 Å². The average molecular weight is 309 g/mol. The first-order valence-electron chi connectivity index (χ1n) is 5.73. The zero-order valence-corrected chi connectivity index (χ0v) is 11.4. The Morgan fingerprint density at radius 2 is 2.10 bits per heavy atom. The van der Waals surface area contributed by atoms with Crippen molar-refractivity contribution in [3.8, 4) is 5.75 Å². The maximum atomic E-state index is 11.7. The van der Waals surface area contributed by atoms with E-state index in [9.17, 15) is 19.5 Å². The Morgan fingerprint density at radius 1 is 1.33 bits per heavy atom. The van der Waals surface area contributed by atoms with Gasteiger partial charge in [0.15, 0.2) is 0 Å². The van der Waals surface area contributed by atoms with Crippen molar-refractivity contribution >= 4 is 29.0 Å². The zero-order chi connectivity index (χ0) is 15.4. The van der Waals surface area contributed by atoms with Crippen LogP contribution in [0.2, 0.25) is 0 Å². The van der Waals surface area contributed by atoms with Gasteiger partial charge in [0.1, 0.15) is 5.75 Å². The minimum absolute atomic E-state index is 0.0524. The van der Waals surface area contributed by atoms with Crippen LogP contribution in [-0.2, 0) is 6.54 Å².